The molecule has 0 bridgehead atoms. The number of amides is 1. The molecule has 1 aromatic carbocycles. The van der Waals surface area contributed by atoms with E-state index < -0.39 is 0 Å². The Morgan fingerprint density at radius 3 is 2.94 bits per heavy atom. The van der Waals surface area contributed by atoms with Crippen LogP contribution in [0, 0.1) is 0 Å². The van der Waals surface area contributed by atoms with Crippen molar-refractivity contribution in [3.05, 3.63) is 78.2 Å². The number of nitrogens with one attached hydrogen (secondary N) is 1. The number of H-pyrrole nitrogens is 1. The van der Waals surface area contributed by atoms with Gasteiger partial charge in [-0.1, -0.05) is 24.3 Å². The minimum atomic E-state index is -0.248. The van der Waals surface area contributed by atoms with Crippen molar-refractivity contribution in [3.8, 4) is 11.3 Å². The third-order valence-corrected chi connectivity index (χ3v) is 5.88. The molecule has 7 nitrogen and oxygen atoms in total. The van der Waals surface area contributed by atoms with E-state index in [0.717, 1.165) is 22.5 Å². The molecule has 1 aliphatic rings. The first-order valence-corrected chi connectivity index (χ1v) is 10.8. The molecule has 1 aliphatic heterocycles. The summed E-state index contributed by atoms with van der Waals surface area (Å²) in [5, 5.41) is 1.18. The van der Waals surface area contributed by atoms with E-state index in [1.807, 2.05) is 47.5 Å². The molecular formula is C25H25N5O2. The first kappa shape index (κ1) is 20.2. The van der Waals surface area contributed by atoms with E-state index in [9.17, 15) is 4.79 Å². The fraction of sp³-hybridized carbons (Fsp3) is 0.240. The van der Waals surface area contributed by atoms with Crippen LogP contribution < -0.4 is 5.73 Å². The van der Waals surface area contributed by atoms with Crippen LogP contribution in [0.5, 0.6) is 0 Å². The molecule has 4 aromatic rings. The number of hydrogen-bond acceptors (Lipinski definition) is 5. The van der Waals surface area contributed by atoms with Crippen LogP contribution in [0.2, 0.25) is 0 Å². The third kappa shape index (κ3) is 4.20. The zero-order chi connectivity index (χ0) is 21.9. The molecule has 3 aromatic heterocycles. The number of aromatic nitrogens is 3. The molecule has 0 saturated carbocycles. The maximum atomic E-state index is 12.9. The van der Waals surface area contributed by atoms with Crippen LogP contribution >= 0.6 is 0 Å². The number of aryl methyl sites for hydroxylation is 1. The minimum absolute atomic E-state index is 0.141. The van der Waals surface area contributed by atoms with Crippen LogP contribution in [0.25, 0.3) is 22.2 Å². The molecule has 0 spiro atoms. The molecule has 32 heavy (non-hydrogen) atoms. The van der Waals surface area contributed by atoms with Crippen molar-refractivity contribution in [3.63, 3.8) is 0 Å². The number of carbonyl (C=O) groups excluding carboxylic acids is 1. The molecule has 4 heterocycles. The standard InChI is InChI=1S/C25H25N5O2/c26-24-10-8-18(15-28-24)20-6-3-7-22(29-20)23-16-30(12-13-32-23)25(31)11-9-17-14-27-21-5-2-1-4-19(17)21/h1-8,10,14-15,23,27H,9,11-13,16H2,(H2,26,28)/t23-/m1/s1. The molecule has 0 unspecified atom stereocenters. The average molecular weight is 428 g/mol. The largest absolute Gasteiger partial charge is 0.384 e. The number of hydrogen-bond donors (Lipinski definition) is 2. The number of carbonyl (C=O) groups is 1. The fourth-order valence-electron chi connectivity index (χ4n) is 4.14. The zero-order valence-corrected chi connectivity index (χ0v) is 17.7. The highest BCUT2D eigenvalue weighted by atomic mass is 16.5. The molecule has 5 rings (SSSR count). The SMILES string of the molecule is Nc1ccc(-c2cccc([C@H]3CN(C(=O)CCc4c[nH]c5ccccc45)CCO3)n2)cn1. The van der Waals surface area contributed by atoms with E-state index in [1.54, 1.807) is 12.3 Å². The Balaban J connectivity index is 1.25. The van der Waals surface area contributed by atoms with E-state index >= 15 is 0 Å². The van der Waals surface area contributed by atoms with Gasteiger partial charge in [0.2, 0.25) is 5.91 Å². The Morgan fingerprint density at radius 1 is 1.16 bits per heavy atom. The van der Waals surface area contributed by atoms with Gasteiger partial charge in [-0.05, 0) is 42.3 Å². The molecule has 1 saturated heterocycles. The summed E-state index contributed by atoms with van der Waals surface area (Å²) in [7, 11) is 0. The second kappa shape index (κ2) is 8.80. The minimum Gasteiger partial charge on any atom is -0.384 e. The average Bonchev–Trinajstić information content (AvgIpc) is 3.26. The van der Waals surface area contributed by atoms with Crippen LogP contribution in [0.15, 0.2) is 67.0 Å². The van der Waals surface area contributed by atoms with Gasteiger partial charge >= 0.3 is 0 Å². The highest BCUT2D eigenvalue weighted by molar-refractivity contribution is 5.84. The number of rotatable bonds is 5. The van der Waals surface area contributed by atoms with E-state index in [0.29, 0.717) is 38.4 Å². The number of aromatic amines is 1. The van der Waals surface area contributed by atoms with Crippen molar-refractivity contribution in [2.45, 2.75) is 18.9 Å². The molecule has 1 amide bonds. The predicted molar refractivity (Wildman–Crippen MR) is 124 cm³/mol. The number of fused-ring (bicyclic) bond motifs is 1. The van der Waals surface area contributed by atoms with Gasteiger partial charge in [0, 0.05) is 41.8 Å². The van der Waals surface area contributed by atoms with Crippen molar-refractivity contribution in [2.24, 2.45) is 0 Å². The van der Waals surface area contributed by atoms with Crippen LogP contribution in [0.4, 0.5) is 5.82 Å². The number of nitrogens with two attached hydrogens (primary N) is 1. The molecule has 1 fully saturated rings. The van der Waals surface area contributed by atoms with Crippen LogP contribution in [0.3, 0.4) is 0 Å². The lowest BCUT2D eigenvalue weighted by atomic mass is 10.1. The normalized spacial score (nSPS) is 16.4. The summed E-state index contributed by atoms with van der Waals surface area (Å²) < 4.78 is 5.97. The zero-order valence-electron chi connectivity index (χ0n) is 17.7. The summed E-state index contributed by atoms with van der Waals surface area (Å²) in [5.41, 5.74) is 10.5. The lowest BCUT2D eigenvalue weighted by Crippen LogP contribution is -2.42. The van der Waals surface area contributed by atoms with E-state index in [-0.39, 0.29) is 12.0 Å². The number of benzene rings is 1. The number of nitrogens with zero attached hydrogens (tertiary/aromatic N) is 3. The molecular weight excluding hydrogens is 402 g/mol. The number of pyridine rings is 2. The van der Waals surface area contributed by atoms with E-state index in [2.05, 4.69) is 22.1 Å². The molecule has 162 valence electrons. The van der Waals surface area contributed by atoms with Crippen LogP contribution in [0.1, 0.15) is 23.8 Å². The molecule has 7 heteroatoms. The van der Waals surface area contributed by atoms with E-state index in [4.69, 9.17) is 15.5 Å². The first-order valence-electron chi connectivity index (χ1n) is 10.8. The maximum Gasteiger partial charge on any atom is 0.223 e. The van der Waals surface area contributed by atoms with Gasteiger partial charge in [-0.2, -0.15) is 0 Å². The van der Waals surface area contributed by atoms with Gasteiger partial charge in [0.1, 0.15) is 11.9 Å². The van der Waals surface area contributed by atoms with Crippen molar-refractivity contribution >= 4 is 22.6 Å². The van der Waals surface area contributed by atoms with Gasteiger partial charge in [-0.25, -0.2) is 9.97 Å². The highest BCUT2D eigenvalue weighted by Gasteiger charge is 2.26. The summed E-state index contributed by atoms with van der Waals surface area (Å²) in [5.74, 6) is 0.616. The number of nitrogen functional groups attached to an aromatic ring is 1. The fourth-order valence-corrected chi connectivity index (χ4v) is 4.14. The van der Waals surface area contributed by atoms with Crippen LogP contribution in [-0.4, -0.2) is 45.5 Å². The topological polar surface area (TPSA) is 97.1 Å². The second-order valence-electron chi connectivity index (χ2n) is 7.98. The number of morpholine rings is 1. The number of ether oxygens (including phenoxy) is 1. The van der Waals surface area contributed by atoms with Gasteiger partial charge in [0.25, 0.3) is 0 Å². The Labute approximate surface area is 186 Å². The first-order chi connectivity index (χ1) is 15.7. The highest BCUT2D eigenvalue weighted by Crippen LogP contribution is 2.25. The number of para-hydroxylation sites is 1. The molecule has 0 radical (unpaired) electrons. The lowest BCUT2D eigenvalue weighted by Gasteiger charge is -2.33. The summed E-state index contributed by atoms with van der Waals surface area (Å²) in [4.78, 5) is 27.0. The Morgan fingerprint density at radius 2 is 2.06 bits per heavy atom. The van der Waals surface area contributed by atoms with E-state index in [1.165, 1.54) is 10.9 Å². The Hall–Kier alpha value is -3.71. The van der Waals surface area contributed by atoms with Crippen molar-refractivity contribution in [1.82, 2.24) is 19.9 Å². The quantitative estimate of drug-likeness (QED) is 0.506. The van der Waals surface area contributed by atoms with Gasteiger partial charge in [0.15, 0.2) is 0 Å². The van der Waals surface area contributed by atoms with Crippen LogP contribution in [-0.2, 0) is 16.0 Å². The van der Waals surface area contributed by atoms with Gasteiger partial charge in [-0.15, -0.1) is 0 Å². The molecule has 0 aliphatic carbocycles. The Bertz CT molecular complexity index is 1230. The second-order valence-corrected chi connectivity index (χ2v) is 7.98. The smallest absolute Gasteiger partial charge is 0.223 e. The summed E-state index contributed by atoms with van der Waals surface area (Å²) in [6.45, 7) is 1.60. The monoisotopic (exact) mass is 427 g/mol. The number of anilines is 1. The summed E-state index contributed by atoms with van der Waals surface area (Å²) in [6, 6.07) is 17.7. The lowest BCUT2D eigenvalue weighted by molar-refractivity contribution is -0.139. The predicted octanol–water partition coefficient (Wildman–Crippen LogP) is 3.74. The van der Waals surface area contributed by atoms with Crippen molar-refractivity contribution in [2.75, 3.05) is 25.4 Å². The van der Waals surface area contributed by atoms with Crippen molar-refractivity contribution < 1.29 is 9.53 Å². The van der Waals surface area contributed by atoms with Gasteiger partial charge < -0.3 is 20.4 Å². The summed E-state index contributed by atoms with van der Waals surface area (Å²) >= 11 is 0. The Kier molecular flexibility index (Phi) is 5.56. The maximum absolute atomic E-state index is 12.9. The van der Waals surface area contributed by atoms with Crippen molar-refractivity contribution in [1.29, 1.82) is 0 Å². The summed E-state index contributed by atoms with van der Waals surface area (Å²) in [6.07, 6.45) is 4.65. The molecule has 3 N–H and O–H groups in total. The van der Waals surface area contributed by atoms with Gasteiger partial charge in [0.05, 0.1) is 24.5 Å². The molecule has 1 atom stereocenters. The van der Waals surface area contributed by atoms with Gasteiger partial charge in [-0.3, -0.25) is 4.79 Å². The third-order valence-electron chi connectivity index (χ3n) is 5.88.